The molecule has 0 amide bonds. The Morgan fingerprint density at radius 1 is 1.38 bits per heavy atom. The van der Waals surface area contributed by atoms with Gasteiger partial charge in [-0.1, -0.05) is 0 Å². The maximum absolute atomic E-state index is 5.43. The number of nitrogen functional groups attached to an aromatic ring is 1. The summed E-state index contributed by atoms with van der Waals surface area (Å²) in [5, 5.41) is 3.29. The Kier molecular flexibility index (Phi) is 5.74. The van der Waals surface area contributed by atoms with E-state index in [9.17, 15) is 0 Å². The number of rotatable bonds is 7. The van der Waals surface area contributed by atoms with Crippen molar-refractivity contribution in [3.05, 3.63) is 18.0 Å². The van der Waals surface area contributed by atoms with Crippen molar-refractivity contribution in [1.82, 2.24) is 15.3 Å². The van der Waals surface area contributed by atoms with Gasteiger partial charge in [-0.25, -0.2) is 9.97 Å². The Hall–Kier alpha value is -1.20. The molecule has 90 valence electrons. The van der Waals surface area contributed by atoms with E-state index in [4.69, 9.17) is 10.5 Å². The highest BCUT2D eigenvalue weighted by atomic mass is 16.5. The number of nitrogens with zero attached hydrogens (tertiary/aromatic N) is 2. The first-order valence-electron chi connectivity index (χ1n) is 5.57. The number of nitrogens with two attached hydrogens (primary N) is 1. The number of hydrogen-bond donors (Lipinski definition) is 2. The summed E-state index contributed by atoms with van der Waals surface area (Å²) in [4.78, 5) is 7.84. The maximum atomic E-state index is 5.43. The van der Waals surface area contributed by atoms with Crippen molar-refractivity contribution in [2.45, 2.75) is 32.9 Å². The van der Waals surface area contributed by atoms with E-state index >= 15 is 0 Å². The normalized spacial score (nSPS) is 10.9. The van der Waals surface area contributed by atoms with Crippen molar-refractivity contribution in [3.8, 4) is 0 Å². The molecule has 0 aliphatic rings. The van der Waals surface area contributed by atoms with Gasteiger partial charge in [0.2, 0.25) is 5.95 Å². The lowest BCUT2D eigenvalue weighted by Crippen LogP contribution is -2.17. The third-order valence-electron chi connectivity index (χ3n) is 2.00. The lowest BCUT2D eigenvalue weighted by atomic mass is 10.3. The SMILES string of the molecule is CC(C)OCCCNCc1cnc(N)nc1. The van der Waals surface area contributed by atoms with E-state index in [2.05, 4.69) is 15.3 Å². The first-order valence-corrected chi connectivity index (χ1v) is 5.57. The number of hydrogen-bond acceptors (Lipinski definition) is 5. The van der Waals surface area contributed by atoms with Crippen molar-refractivity contribution in [2.75, 3.05) is 18.9 Å². The van der Waals surface area contributed by atoms with Crippen LogP contribution in [-0.2, 0) is 11.3 Å². The third kappa shape index (κ3) is 5.63. The molecule has 0 spiro atoms. The highest BCUT2D eigenvalue weighted by Gasteiger charge is 1.95. The van der Waals surface area contributed by atoms with Crippen molar-refractivity contribution in [3.63, 3.8) is 0 Å². The van der Waals surface area contributed by atoms with Gasteiger partial charge in [0.15, 0.2) is 0 Å². The molecule has 1 aromatic rings. The van der Waals surface area contributed by atoms with Gasteiger partial charge in [-0.15, -0.1) is 0 Å². The van der Waals surface area contributed by atoms with Crippen LogP contribution in [-0.4, -0.2) is 29.2 Å². The van der Waals surface area contributed by atoms with Crippen LogP contribution in [0.25, 0.3) is 0 Å². The second-order valence-electron chi connectivity index (χ2n) is 3.90. The summed E-state index contributed by atoms with van der Waals surface area (Å²) in [6.07, 6.45) is 4.79. The first kappa shape index (κ1) is 12.9. The molecule has 0 saturated heterocycles. The minimum absolute atomic E-state index is 0.311. The summed E-state index contributed by atoms with van der Waals surface area (Å²) in [5.74, 6) is 0.314. The predicted molar refractivity (Wildman–Crippen MR) is 63.9 cm³/mol. The molecule has 0 atom stereocenters. The van der Waals surface area contributed by atoms with Crippen LogP contribution in [0.4, 0.5) is 5.95 Å². The zero-order valence-electron chi connectivity index (χ0n) is 9.94. The van der Waals surface area contributed by atoms with Crippen LogP contribution < -0.4 is 11.1 Å². The molecular formula is C11H20N4O. The van der Waals surface area contributed by atoms with Crippen molar-refractivity contribution >= 4 is 5.95 Å². The standard InChI is InChI=1S/C11H20N4O/c1-9(2)16-5-3-4-13-6-10-7-14-11(12)15-8-10/h7-9,13H,3-6H2,1-2H3,(H2,12,14,15). The van der Waals surface area contributed by atoms with E-state index in [1.165, 1.54) is 0 Å². The first-order chi connectivity index (χ1) is 7.68. The van der Waals surface area contributed by atoms with Crippen molar-refractivity contribution < 1.29 is 4.74 Å². The monoisotopic (exact) mass is 224 g/mol. The second kappa shape index (κ2) is 7.14. The lowest BCUT2D eigenvalue weighted by molar-refractivity contribution is 0.0770. The predicted octanol–water partition coefficient (Wildman–Crippen LogP) is 0.963. The summed E-state index contributed by atoms with van der Waals surface area (Å²) in [6, 6.07) is 0. The number of nitrogens with one attached hydrogen (secondary N) is 1. The van der Waals surface area contributed by atoms with E-state index in [1.807, 2.05) is 13.8 Å². The summed E-state index contributed by atoms with van der Waals surface area (Å²) in [5.41, 5.74) is 6.43. The molecule has 5 heteroatoms. The van der Waals surface area contributed by atoms with Gasteiger partial charge in [-0.2, -0.15) is 0 Å². The Balaban J connectivity index is 2.05. The van der Waals surface area contributed by atoms with Crippen LogP contribution in [0.3, 0.4) is 0 Å². The molecule has 0 saturated carbocycles. The zero-order valence-corrected chi connectivity index (χ0v) is 9.94. The van der Waals surface area contributed by atoms with Crippen LogP contribution in [0.2, 0.25) is 0 Å². The number of aromatic nitrogens is 2. The average molecular weight is 224 g/mol. The van der Waals surface area contributed by atoms with Crippen molar-refractivity contribution in [1.29, 1.82) is 0 Å². The van der Waals surface area contributed by atoms with Crippen molar-refractivity contribution in [2.24, 2.45) is 0 Å². The molecule has 5 nitrogen and oxygen atoms in total. The quantitative estimate of drug-likeness (QED) is 0.675. The number of ether oxygens (including phenoxy) is 1. The van der Waals surface area contributed by atoms with Gasteiger partial charge in [0.05, 0.1) is 6.10 Å². The summed E-state index contributed by atoms with van der Waals surface area (Å²) in [7, 11) is 0. The lowest BCUT2D eigenvalue weighted by Gasteiger charge is -2.07. The minimum atomic E-state index is 0.311. The molecule has 0 aliphatic carbocycles. The summed E-state index contributed by atoms with van der Waals surface area (Å²) in [6.45, 7) is 6.57. The highest BCUT2D eigenvalue weighted by molar-refractivity contribution is 5.16. The topological polar surface area (TPSA) is 73.1 Å². The zero-order chi connectivity index (χ0) is 11.8. The molecule has 0 bridgehead atoms. The molecule has 1 aromatic heterocycles. The fourth-order valence-corrected chi connectivity index (χ4v) is 1.20. The van der Waals surface area contributed by atoms with Crippen LogP contribution in [0.15, 0.2) is 12.4 Å². The highest BCUT2D eigenvalue weighted by Crippen LogP contribution is 1.96. The second-order valence-corrected chi connectivity index (χ2v) is 3.90. The third-order valence-corrected chi connectivity index (χ3v) is 2.00. The van der Waals surface area contributed by atoms with Crippen LogP contribution in [0, 0.1) is 0 Å². The van der Waals surface area contributed by atoms with Crippen LogP contribution in [0.5, 0.6) is 0 Å². The maximum Gasteiger partial charge on any atom is 0.219 e. The van der Waals surface area contributed by atoms with E-state index in [-0.39, 0.29) is 0 Å². The Bertz CT molecular complexity index is 287. The Labute approximate surface area is 96.4 Å². The van der Waals surface area contributed by atoms with Crippen LogP contribution >= 0.6 is 0 Å². The fraction of sp³-hybridized carbons (Fsp3) is 0.636. The minimum Gasteiger partial charge on any atom is -0.379 e. The molecule has 1 heterocycles. The van der Waals surface area contributed by atoms with Gasteiger partial charge < -0.3 is 15.8 Å². The molecule has 0 radical (unpaired) electrons. The Morgan fingerprint density at radius 2 is 2.06 bits per heavy atom. The number of anilines is 1. The summed E-state index contributed by atoms with van der Waals surface area (Å²) >= 11 is 0. The summed E-state index contributed by atoms with van der Waals surface area (Å²) < 4.78 is 5.43. The van der Waals surface area contributed by atoms with E-state index in [1.54, 1.807) is 12.4 Å². The average Bonchev–Trinajstić information content (AvgIpc) is 2.25. The smallest absolute Gasteiger partial charge is 0.219 e. The van der Waals surface area contributed by atoms with E-state index in [0.29, 0.717) is 12.1 Å². The molecule has 0 fully saturated rings. The van der Waals surface area contributed by atoms with E-state index < -0.39 is 0 Å². The van der Waals surface area contributed by atoms with Gasteiger partial charge in [-0.3, -0.25) is 0 Å². The van der Waals surface area contributed by atoms with Gasteiger partial charge >= 0.3 is 0 Å². The molecular weight excluding hydrogens is 204 g/mol. The molecule has 16 heavy (non-hydrogen) atoms. The molecule has 1 rings (SSSR count). The van der Waals surface area contributed by atoms with E-state index in [0.717, 1.165) is 31.7 Å². The van der Waals surface area contributed by atoms with Gasteiger partial charge in [-0.05, 0) is 26.8 Å². The Morgan fingerprint density at radius 3 is 2.69 bits per heavy atom. The van der Waals surface area contributed by atoms with Gasteiger partial charge in [0.25, 0.3) is 0 Å². The molecule has 0 unspecified atom stereocenters. The molecule has 0 aliphatic heterocycles. The van der Waals surface area contributed by atoms with Gasteiger partial charge in [0.1, 0.15) is 0 Å². The van der Waals surface area contributed by atoms with Crippen LogP contribution in [0.1, 0.15) is 25.8 Å². The fourth-order valence-electron chi connectivity index (χ4n) is 1.20. The largest absolute Gasteiger partial charge is 0.379 e. The van der Waals surface area contributed by atoms with Gasteiger partial charge in [0, 0.05) is 31.1 Å². The molecule has 3 N–H and O–H groups in total. The molecule has 0 aromatic carbocycles.